The molecule has 1 aromatic heterocycles. The van der Waals surface area contributed by atoms with Crippen LogP contribution in [0.2, 0.25) is 0 Å². The minimum Gasteiger partial charge on any atom is -0.320 e. The van der Waals surface area contributed by atoms with E-state index in [-0.39, 0.29) is 5.91 Å². The van der Waals surface area contributed by atoms with Crippen molar-refractivity contribution >= 4 is 17.4 Å². The fourth-order valence-electron chi connectivity index (χ4n) is 1.96. The summed E-state index contributed by atoms with van der Waals surface area (Å²) in [5.74, 6) is 5.50. The standard InChI is InChI=1S/C15H18N4O/c1-2-6-11-7-3-4-8-12(11)18-15(20)13-9-5-10-14(17-13)19-16/h3-5,7-10H,2,6,16H2,1H3,(H,17,19)(H,18,20). The number of carbonyl (C=O) groups is 1. The topological polar surface area (TPSA) is 80.0 Å². The Hall–Kier alpha value is -2.40. The summed E-state index contributed by atoms with van der Waals surface area (Å²) in [5.41, 5.74) is 4.70. The first-order valence-corrected chi connectivity index (χ1v) is 6.57. The summed E-state index contributed by atoms with van der Waals surface area (Å²) in [7, 11) is 0. The Morgan fingerprint density at radius 2 is 2.00 bits per heavy atom. The van der Waals surface area contributed by atoms with Crippen LogP contribution in [0.3, 0.4) is 0 Å². The maximum Gasteiger partial charge on any atom is 0.274 e. The Bertz CT molecular complexity index is 598. The number of para-hydroxylation sites is 1. The zero-order valence-corrected chi connectivity index (χ0v) is 11.4. The van der Waals surface area contributed by atoms with Gasteiger partial charge in [0.2, 0.25) is 0 Å². The van der Waals surface area contributed by atoms with Crippen LogP contribution in [0, 0.1) is 0 Å². The minimum atomic E-state index is -0.245. The number of amides is 1. The van der Waals surface area contributed by atoms with E-state index in [0.717, 1.165) is 24.1 Å². The quantitative estimate of drug-likeness (QED) is 0.576. The largest absolute Gasteiger partial charge is 0.320 e. The Morgan fingerprint density at radius 3 is 2.75 bits per heavy atom. The molecule has 0 aliphatic rings. The maximum atomic E-state index is 12.2. The monoisotopic (exact) mass is 270 g/mol. The lowest BCUT2D eigenvalue weighted by Gasteiger charge is -2.10. The third kappa shape index (κ3) is 3.33. The van der Waals surface area contributed by atoms with E-state index in [1.54, 1.807) is 18.2 Å². The van der Waals surface area contributed by atoms with E-state index >= 15 is 0 Å². The number of nitrogens with one attached hydrogen (secondary N) is 2. The van der Waals surface area contributed by atoms with Crippen LogP contribution in [0.25, 0.3) is 0 Å². The van der Waals surface area contributed by atoms with Gasteiger partial charge in [-0.05, 0) is 30.2 Å². The maximum absolute atomic E-state index is 12.2. The Kier molecular flexibility index (Phi) is 4.68. The zero-order valence-electron chi connectivity index (χ0n) is 11.4. The average Bonchev–Trinajstić information content (AvgIpc) is 2.49. The summed E-state index contributed by atoms with van der Waals surface area (Å²) in [6, 6.07) is 12.9. The van der Waals surface area contributed by atoms with Crippen LogP contribution >= 0.6 is 0 Å². The molecule has 0 aliphatic carbocycles. The van der Waals surface area contributed by atoms with Gasteiger partial charge in [0.05, 0.1) is 0 Å². The molecule has 5 heteroatoms. The van der Waals surface area contributed by atoms with Crippen molar-refractivity contribution in [2.45, 2.75) is 19.8 Å². The van der Waals surface area contributed by atoms with Gasteiger partial charge in [0.15, 0.2) is 0 Å². The number of nitrogen functional groups attached to an aromatic ring is 1. The van der Waals surface area contributed by atoms with Crippen molar-refractivity contribution in [2.75, 3.05) is 10.7 Å². The fraction of sp³-hybridized carbons (Fsp3) is 0.200. The molecule has 20 heavy (non-hydrogen) atoms. The molecule has 5 nitrogen and oxygen atoms in total. The molecular formula is C15H18N4O. The van der Waals surface area contributed by atoms with Gasteiger partial charge in [0, 0.05) is 5.69 Å². The van der Waals surface area contributed by atoms with E-state index in [9.17, 15) is 4.79 Å². The van der Waals surface area contributed by atoms with Crippen molar-refractivity contribution < 1.29 is 4.79 Å². The van der Waals surface area contributed by atoms with E-state index < -0.39 is 0 Å². The van der Waals surface area contributed by atoms with Crippen LogP contribution in [0.5, 0.6) is 0 Å². The molecule has 0 spiro atoms. The third-order valence-corrected chi connectivity index (χ3v) is 2.91. The highest BCUT2D eigenvalue weighted by atomic mass is 16.1. The van der Waals surface area contributed by atoms with Crippen molar-refractivity contribution in [1.82, 2.24) is 4.98 Å². The highest BCUT2D eigenvalue weighted by Crippen LogP contribution is 2.17. The lowest BCUT2D eigenvalue weighted by molar-refractivity contribution is 0.102. The lowest BCUT2D eigenvalue weighted by atomic mass is 10.1. The number of aryl methyl sites for hydroxylation is 1. The molecular weight excluding hydrogens is 252 g/mol. The first-order valence-electron chi connectivity index (χ1n) is 6.57. The van der Waals surface area contributed by atoms with E-state index in [0.29, 0.717) is 11.5 Å². The second-order valence-corrected chi connectivity index (χ2v) is 4.41. The number of nitrogens with zero attached hydrogens (tertiary/aromatic N) is 1. The first kappa shape index (κ1) is 14.0. The smallest absolute Gasteiger partial charge is 0.274 e. The summed E-state index contributed by atoms with van der Waals surface area (Å²) in [5, 5.41) is 2.89. The van der Waals surface area contributed by atoms with Crippen molar-refractivity contribution in [3.8, 4) is 0 Å². The van der Waals surface area contributed by atoms with Crippen LogP contribution in [0.1, 0.15) is 29.4 Å². The number of benzene rings is 1. The summed E-state index contributed by atoms with van der Waals surface area (Å²) >= 11 is 0. The molecule has 0 radical (unpaired) electrons. The summed E-state index contributed by atoms with van der Waals surface area (Å²) in [6.45, 7) is 2.11. The number of hydrogen-bond acceptors (Lipinski definition) is 4. The molecule has 1 heterocycles. The number of rotatable bonds is 5. The van der Waals surface area contributed by atoms with E-state index in [2.05, 4.69) is 22.7 Å². The van der Waals surface area contributed by atoms with E-state index in [4.69, 9.17) is 5.84 Å². The predicted molar refractivity (Wildman–Crippen MR) is 80.4 cm³/mol. The van der Waals surface area contributed by atoms with Crippen molar-refractivity contribution in [3.63, 3.8) is 0 Å². The Labute approximate surface area is 118 Å². The number of carbonyl (C=O) groups excluding carboxylic acids is 1. The molecule has 0 aliphatic heterocycles. The zero-order chi connectivity index (χ0) is 14.4. The van der Waals surface area contributed by atoms with Gasteiger partial charge in [-0.25, -0.2) is 10.8 Å². The SMILES string of the molecule is CCCc1ccccc1NC(=O)c1cccc(NN)n1. The number of hydrogen-bond donors (Lipinski definition) is 3. The molecule has 0 fully saturated rings. The first-order chi connectivity index (χ1) is 9.74. The van der Waals surface area contributed by atoms with Gasteiger partial charge in [-0.1, -0.05) is 37.6 Å². The van der Waals surface area contributed by atoms with E-state index in [1.807, 2.05) is 24.3 Å². The number of aromatic nitrogens is 1. The molecule has 4 N–H and O–H groups in total. The van der Waals surface area contributed by atoms with Gasteiger partial charge >= 0.3 is 0 Å². The van der Waals surface area contributed by atoms with Gasteiger partial charge in [-0.15, -0.1) is 0 Å². The van der Waals surface area contributed by atoms with Crippen molar-refractivity contribution in [1.29, 1.82) is 0 Å². The van der Waals surface area contributed by atoms with Crippen LogP contribution < -0.4 is 16.6 Å². The van der Waals surface area contributed by atoms with E-state index in [1.165, 1.54) is 0 Å². The second-order valence-electron chi connectivity index (χ2n) is 4.41. The molecule has 1 amide bonds. The molecule has 2 rings (SSSR count). The molecule has 2 aromatic rings. The molecule has 1 aromatic carbocycles. The number of hydrazine groups is 1. The highest BCUT2D eigenvalue weighted by molar-refractivity contribution is 6.03. The van der Waals surface area contributed by atoms with Crippen LogP contribution in [-0.2, 0) is 6.42 Å². The van der Waals surface area contributed by atoms with Crippen LogP contribution in [0.15, 0.2) is 42.5 Å². The highest BCUT2D eigenvalue weighted by Gasteiger charge is 2.10. The fourth-order valence-corrected chi connectivity index (χ4v) is 1.96. The second kappa shape index (κ2) is 6.68. The molecule has 0 atom stereocenters. The average molecular weight is 270 g/mol. The normalized spacial score (nSPS) is 10.1. The van der Waals surface area contributed by atoms with Gasteiger partial charge in [0.25, 0.3) is 5.91 Å². The lowest BCUT2D eigenvalue weighted by Crippen LogP contribution is -2.16. The Balaban J connectivity index is 2.19. The van der Waals surface area contributed by atoms with Crippen molar-refractivity contribution in [3.05, 3.63) is 53.7 Å². The molecule has 104 valence electrons. The predicted octanol–water partition coefficient (Wildman–Crippen LogP) is 2.57. The number of anilines is 2. The Morgan fingerprint density at radius 1 is 1.20 bits per heavy atom. The molecule has 0 bridgehead atoms. The summed E-state index contributed by atoms with van der Waals surface area (Å²) < 4.78 is 0. The molecule has 0 unspecified atom stereocenters. The number of pyridine rings is 1. The number of nitrogens with two attached hydrogens (primary N) is 1. The van der Waals surface area contributed by atoms with Gasteiger partial charge in [-0.3, -0.25) is 4.79 Å². The minimum absolute atomic E-state index is 0.245. The summed E-state index contributed by atoms with van der Waals surface area (Å²) in [4.78, 5) is 16.3. The molecule has 0 saturated heterocycles. The van der Waals surface area contributed by atoms with Gasteiger partial charge < -0.3 is 10.7 Å². The van der Waals surface area contributed by atoms with Crippen molar-refractivity contribution in [2.24, 2.45) is 5.84 Å². The third-order valence-electron chi connectivity index (χ3n) is 2.91. The van der Waals surface area contributed by atoms with Crippen LogP contribution in [-0.4, -0.2) is 10.9 Å². The van der Waals surface area contributed by atoms with Gasteiger partial charge in [-0.2, -0.15) is 0 Å². The summed E-state index contributed by atoms with van der Waals surface area (Å²) in [6.07, 6.45) is 1.95. The van der Waals surface area contributed by atoms with Crippen LogP contribution in [0.4, 0.5) is 11.5 Å². The molecule has 0 saturated carbocycles. The van der Waals surface area contributed by atoms with Gasteiger partial charge in [0.1, 0.15) is 11.5 Å².